The summed E-state index contributed by atoms with van der Waals surface area (Å²) in [6.45, 7) is 3.48. The first-order chi connectivity index (χ1) is 4.59. The molecule has 0 aromatic carbocycles. The number of alkyl halides is 1. The van der Waals surface area contributed by atoms with E-state index in [0.29, 0.717) is 0 Å². The summed E-state index contributed by atoms with van der Waals surface area (Å²) in [4.78, 5) is 10.4. The van der Waals surface area contributed by atoms with E-state index in [1.807, 2.05) is 6.92 Å². The van der Waals surface area contributed by atoms with Gasteiger partial charge in [0.25, 0.3) is 0 Å². The van der Waals surface area contributed by atoms with Crippen LogP contribution in [0.3, 0.4) is 0 Å². The van der Waals surface area contributed by atoms with E-state index in [2.05, 4.69) is 34.4 Å². The minimum Gasteiger partial charge on any atom is -0.480 e. The molecule has 0 bridgehead atoms. The smallest absolute Gasteiger partial charge is 0.319 e. The quantitative estimate of drug-likeness (QED) is 0.459. The molecule has 0 aliphatic rings. The van der Waals surface area contributed by atoms with Crippen molar-refractivity contribution in [2.45, 2.75) is 17.8 Å². The predicted molar refractivity (Wildman–Crippen MR) is 48.1 cm³/mol. The zero-order valence-corrected chi connectivity index (χ0v) is 8.05. The SMILES string of the molecule is CC#CC(C(=O)O)C(C)I. The number of carboxylic acids is 1. The monoisotopic (exact) mass is 252 g/mol. The van der Waals surface area contributed by atoms with Crippen molar-refractivity contribution in [1.29, 1.82) is 0 Å². The highest BCUT2D eigenvalue weighted by molar-refractivity contribution is 14.1. The van der Waals surface area contributed by atoms with Crippen LogP contribution < -0.4 is 0 Å². The number of carbonyl (C=O) groups is 1. The summed E-state index contributed by atoms with van der Waals surface area (Å²) in [7, 11) is 0. The van der Waals surface area contributed by atoms with Crippen LogP contribution in [0.4, 0.5) is 0 Å². The lowest BCUT2D eigenvalue weighted by atomic mass is 10.1. The fourth-order valence-electron chi connectivity index (χ4n) is 0.529. The number of rotatable bonds is 2. The first-order valence-electron chi connectivity index (χ1n) is 2.88. The van der Waals surface area contributed by atoms with Gasteiger partial charge in [-0.25, -0.2) is 0 Å². The zero-order valence-electron chi connectivity index (χ0n) is 5.89. The molecule has 0 aliphatic heterocycles. The second kappa shape index (κ2) is 4.56. The molecule has 2 unspecified atom stereocenters. The van der Waals surface area contributed by atoms with Gasteiger partial charge in [0.15, 0.2) is 0 Å². The maximum absolute atomic E-state index is 10.4. The van der Waals surface area contributed by atoms with Gasteiger partial charge >= 0.3 is 5.97 Å². The van der Waals surface area contributed by atoms with Gasteiger partial charge in [0.1, 0.15) is 5.92 Å². The summed E-state index contributed by atoms with van der Waals surface area (Å²) >= 11 is 2.06. The van der Waals surface area contributed by atoms with E-state index in [0.717, 1.165) is 0 Å². The van der Waals surface area contributed by atoms with Crippen molar-refractivity contribution >= 4 is 28.6 Å². The standard InChI is InChI=1S/C7H9IO2/c1-3-4-6(5(2)8)7(9)10/h5-6H,1-2H3,(H,9,10). The summed E-state index contributed by atoms with van der Waals surface area (Å²) in [6.07, 6.45) is 0. The lowest BCUT2D eigenvalue weighted by Gasteiger charge is -2.05. The topological polar surface area (TPSA) is 37.3 Å². The summed E-state index contributed by atoms with van der Waals surface area (Å²) in [5, 5.41) is 8.57. The van der Waals surface area contributed by atoms with Gasteiger partial charge in [-0.1, -0.05) is 35.4 Å². The number of aliphatic carboxylic acids is 1. The Bertz CT molecular complexity index is 176. The molecule has 10 heavy (non-hydrogen) atoms. The molecular formula is C7H9IO2. The van der Waals surface area contributed by atoms with E-state index in [1.54, 1.807) is 6.92 Å². The van der Waals surface area contributed by atoms with Gasteiger partial charge in [-0.3, -0.25) is 4.79 Å². The Hall–Kier alpha value is -0.240. The molecule has 2 nitrogen and oxygen atoms in total. The number of halogens is 1. The van der Waals surface area contributed by atoms with Crippen LogP contribution in [0.5, 0.6) is 0 Å². The van der Waals surface area contributed by atoms with Crippen molar-refractivity contribution in [1.82, 2.24) is 0 Å². The van der Waals surface area contributed by atoms with Crippen molar-refractivity contribution in [3.63, 3.8) is 0 Å². The molecule has 0 aromatic heterocycles. The molecule has 0 aromatic rings. The van der Waals surface area contributed by atoms with Crippen molar-refractivity contribution in [3.8, 4) is 11.8 Å². The van der Waals surface area contributed by atoms with Crippen LogP contribution in [0.1, 0.15) is 13.8 Å². The van der Waals surface area contributed by atoms with E-state index in [9.17, 15) is 4.79 Å². The zero-order chi connectivity index (χ0) is 8.15. The summed E-state index contributed by atoms with van der Waals surface area (Å²) in [6, 6.07) is 0. The molecule has 0 heterocycles. The Balaban J connectivity index is 4.22. The highest BCUT2D eigenvalue weighted by Gasteiger charge is 2.19. The van der Waals surface area contributed by atoms with Gasteiger partial charge < -0.3 is 5.11 Å². The average molecular weight is 252 g/mol. The molecule has 0 fully saturated rings. The number of carboxylic acid groups (broad SMARTS) is 1. The number of hydrogen-bond donors (Lipinski definition) is 1. The number of hydrogen-bond acceptors (Lipinski definition) is 1. The molecule has 0 radical (unpaired) electrons. The Morgan fingerprint density at radius 2 is 2.20 bits per heavy atom. The predicted octanol–water partition coefficient (Wildman–Crippen LogP) is 1.53. The van der Waals surface area contributed by atoms with E-state index in [-0.39, 0.29) is 3.92 Å². The third-order valence-corrected chi connectivity index (χ3v) is 1.74. The fourth-order valence-corrected chi connectivity index (χ4v) is 1.02. The lowest BCUT2D eigenvalue weighted by Crippen LogP contribution is -2.19. The van der Waals surface area contributed by atoms with Crippen LogP contribution in [-0.2, 0) is 4.79 Å². The van der Waals surface area contributed by atoms with Gasteiger partial charge in [0.2, 0.25) is 0 Å². The van der Waals surface area contributed by atoms with Gasteiger partial charge in [0, 0.05) is 3.92 Å². The third kappa shape index (κ3) is 3.06. The van der Waals surface area contributed by atoms with E-state index >= 15 is 0 Å². The fraction of sp³-hybridized carbons (Fsp3) is 0.571. The van der Waals surface area contributed by atoms with E-state index in [4.69, 9.17) is 5.11 Å². The van der Waals surface area contributed by atoms with E-state index in [1.165, 1.54) is 0 Å². The summed E-state index contributed by atoms with van der Waals surface area (Å²) in [5.41, 5.74) is 0. The van der Waals surface area contributed by atoms with E-state index < -0.39 is 11.9 Å². The van der Waals surface area contributed by atoms with Crippen molar-refractivity contribution in [3.05, 3.63) is 0 Å². The molecule has 0 aliphatic carbocycles. The van der Waals surface area contributed by atoms with Gasteiger partial charge in [0.05, 0.1) is 0 Å². The molecule has 2 atom stereocenters. The van der Waals surface area contributed by atoms with Crippen molar-refractivity contribution < 1.29 is 9.90 Å². The Morgan fingerprint density at radius 3 is 2.30 bits per heavy atom. The first kappa shape index (κ1) is 9.76. The summed E-state index contributed by atoms with van der Waals surface area (Å²) < 4.78 is 0.0579. The van der Waals surface area contributed by atoms with Crippen LogP contribution in [-0.4, -0.2) is 15.0 Å². The minimum absolute atomic E-state index is 0.0579. The molecule has 1 N–H and O–H groups in total. The maximum atomic E-state index is 10.4. The highest BCUT2D eigenvalue weighted by atomic mass is 127. The second-order valence-corrected chi connectivity index (χ2v) is 3.85. The third-order valence-electron chi connectivity index (χ3n) is 1.03. The lowest BCUT2D eigenvalue weighted by molar-refractivity contribution is -0.139. The molecular weight excluding hydrogens is 243 g/mol. The second-order valence-electron chi connectivity index (χ2n) is 1.89. The Labute approximate surface area is 74.1 Å². The normalized spacial score (nSPS) is 14.7. The maximum Gasteiger partial charge on any atom is 0.319 e. The first-order valence-corrected chi connectivity index (χ1v) is 4.13. The van der Waals surface area contributed by atoms with Crippen LogP contribution in [0.2, 0.25) is 0 Å². The molecule has 56 valence electrons. The molecule has 0 saturated heterocycles. The van der Waals surface area contributed by atoms with Gasteiger partial charge in [-0.05, 0) is 6.92 Å². The minimum atomic E-state index is -0.837. The summed E-state index contributed by atoms with van der Waals surface area (Å²) in [5.74, 6) is 3.86. The average Bonchev–Trinajstić information content (AvgIpc) is 1.81. The molecule has 0 rings (SSSR count). The van der Waals surface area contributed by atoms with Crippen LogP contribution in [0.25, 0.3) is 0 Å². The highest BCUT2D eigenvalue weighted by Crippen LogP contribution is 2.11. The Morgan fingerprint density at radius 1 is 1.70 bits per heavy atom. The van der Waals surface area contributed by atoms with Crippen LogP contribution >= 0.6 is 22.6 Å². The van der Waals surface area contributed by atoms with Crippen molar-refractivity contribution in [2.75, 3.05) is 0 Å². The Kier molecular flexibility index (Phi) is 4.45. The largest absolute Gasteiger partial charge is 0.480 e. The molecule has 3 heteroatoms. The molecule has 0 amide bonds. The van der Waals surface area contributed by atoms with Crippen LogP contribution in [0, 0.1) is 17.8 Å². The van der Waals surface area contributed by atoms with Gasteiger partial charge in [-0.2, -0.15) is 0 Å². The molecule has 0 saturated carbocycles. The van der Waals surface area contributed by atoms with Crippen LogP contribution in [0.15, 0.2) is 0 Å². The molecule has 0 spiro atoms. The van der Waals surface area contributed by atoms with Crippen molar-refractivity contribution in [2.24, 2.45) is 5.92 Å². The van der Waals surface area contributed by atoms with Gasteiger partial charge in [-0.15, -0.1) is 5.92 Å².